The predicted octanol–water partition coefficient (Wildman–Crippen LogP) is 6.35. The fourth-order valence-corrected chi connectivity index (χ4v) is 3.89. The Morgan fingerprint density at radius 1 is 1.00 bits per heavy atom. The average molecular weight is 288 g/mol. The van der Waals surface area contributed by atoms with Crippen molar-refractivity contribution in [1.82, 2.24) is 0 Å². The zero-order valence-corrected chi connectivity index (χ0v) is 14.0. The third-order valence-corrected chi connectivity index (χ3v) is 5.62. The summed E-state index contributed by atoms with van der Waals surface area (Å²) in [6.07, 6.45) is 9.19. The first-order valence-electron chi connectivity index (χ1n) is 8.41. The second-order valence-electron chi connectivity index (χ2n) is 7.89. The molecule has 0 bridgehead atoms. The molecule has 0 saturated heterocycles. The Balaban J connectivity index is 2.06. The van der Waals surface area contributed by atoms with Gasteiger partial charge in [-0.05, 0) is 62.8 Å². The van der Waals surface area contributed by atoms with E-state index in [9.17, 15) is 0 Å². The standard InChI is InChI=1S/C22H24/c1-14(22(2,3)4)18-12-10-17-9-8-15-6-5-7-16-11-13-19(18)21(17)20(15)16/h5,7-8,10-14H,6,9H2,1-4H3. The largest absolute Gasteiger partial charge is 0.0795 e. The van der Waals surface area contributed by atoms with Crippen LogP contribution in [0.25, 0.3) is 22.4 Å². The second kappa shape index (κ2) is 4.59. The predicted molar refractivity (Wildman–Crippen MR) is 97.2 cm³/mol. The Hall–Kier alpha value is -1.82. The molecule has 0 aliphatic heterocycles. The summed E-state index contributed by atoms with van der Waals surface area (Å²) < 4.78 is 0. The van der Waals surface area contributed by atoms with Crippen LogP contribution in [0.3, 0.4) is 0 Å². The van der Waals surface area contributed by atoms with Gasteiger partial charge in [-0.3, -0.25) is 0 Å². The topological polar surface area (TPSA) is 0 Å². The van der Waals surface area contributed by atoms with Crippen LogP contribution in [-0.2, 0) is 6.42 Å². The highest BCUT2D eigenvalue weighted by Crippen LogP contribution is 2.44. The van der Waals surface area contributed by atoms with E-state index in [4.69, 9.17) is 0 Å². The molecule has 0 spiro atoms. The van der Waals surface area contributed by atoms with Gasteiger partial charge in [-0.15, -0.1) is 0 Å². The van der Waals surface area contributed by atoms with Gasteiger partial charge in [0.1, 0.15) is 0 Å². The molecule has 4 rings (SSSR count). The summed E-state index contributed by atoms with van der Waals surface area (Å²) in [4.78, 5) is 0. The lowest BCUT2D eigenvalue weighted by atomic mass is 9.74. The molecule has 112 valence electrons. The minimum absolute atomic E-state index is 0.285. The lowest BCUT2D eigenvalue weighted by Crippen LogP contribution is -2.16. The molecule has 0 N–H and O–H groups in total. The molecule has 2 aliphatic carbocycles. The summed E-state index contributed by atoms with van der Waals surface area (Å²) >= 11 is 0. The van der Waals surface area contributed by atoms with Crippen LogP contribution >= 0.6 is 0 Å². The van der Waals surface area contributed by atoms with Gasteiger partial charge in [0.15, 0.2) is 0 Å². The highest BCUT2D eigenvalue weighted by molar-refractivity contribution is 6.04. The van der Waals surface area contributed by atoms with Crippen LogP contribution in [0.2, 0.25) is 0 Å². The molecular formula is C22H24. The van der Waals surface area contributed by atoms with Crippen molar-refractivity contribution in [3.8, 4) is 0 Å². The van der Waals surface area contributed by atoms with E-state index in [1.165, 1.54) is 38.6 Å². The Kier molecular flexibility index (Phi) is 2.88. The maximum atomic E-state index is 2.43. The molecule has 2 aromatic carbocycles. The van der Waals surface area contributed by atoms with Crippen LogP contribution in [0.4, 0.5) is 0 Å². The Morgan fingerprint density at radius 2 is 1.82 bits per heavy atom. The van der Waals surface area contributed by atoms with Gasteiger partial charge in [-0.25, -0.2) is 0 Å². The fraction of sp³-hybridized carbons (Fsp3) is 0.364. The highest BCUT2D eigenvalue weighted by Gasteiger charge is 2.26. The molecule has 0 fully saturated rings. The minimum atomic E-state index is 0.285. The molecule has 0 heteroatoms. The first-order valence-corrected chi connectivity index (χ1v) is 8.41. The molecule has 1 atom stereocenters. The van der Waals surface area contributed by atoms with Crippen molar-refractivity contribution in [2.45, 2.75) is 46.5 Å². The maximum Gasteiger partial charge on any atom is -0.00645 e. The van der Waals surface area contributed by atoms with Crippen molar-refractivity contribution in [3.63, 3.8) is 0 Å². The van der Waals surface area contributed by atoms with Gasteiger partial charge >= 0.3 is 0 Å². The normalized spacial score (nSPS) is 17.5. The molecule has 0 saturated carbocycles. The van der Waals surface area contributed by atoms with Crippen molar-refractivity contribution in [2.75, 3.05) is 0 Å². The second-order valence-corrected chi connectivity index (χ2v) is 7.89. The van der Waals surface area contributed by atoms with Gasteiger partial charge in [0, 0.05) is 0 Å². The van der Waals surface area contributed by atoms with Gasteiger partial charge in [0.05, 0.1) is 0 Å². The number of hydrogen-bond donors (Lipinski definition) is 0. The zero-order chi connectivity index (χ0) is 15.5. The fourth-order valence-electron chi connectivity index (χ4n) is 3.89. The zero-order valence-electron chi connectivity index (χ0n) is 14.0. The van der Waals surface area contributed by atoms with Crippen LogP contribution in [0.5, 0.6) is 0 Å². The summed E-state index contributed by atoms with van der Waals surface area (Å²) in [5.41, 5.74) is 7.71. The Bertz CT molecular complexity index is 825. The first kappa shape index (κ1) is 13.8. The van der Waals surface area contributed by atoms with E-state index in [1.54, 1.807) is 0 Å². The Labute approximate surface area is 133 Å². The number of benzene rings is 2. The van der Waals surface area contributed by atoms with Gasteiger partial charge in [-0.2, -0.15) is 0 Å². The lowest BCUT2D eigenvalue weighted by molar-refractivity contribution is 0.341. The van der Waals surface area contributed by atoms with Crippen LogP contribution in [-0.4, -0.2) is 0 Å². The van der Waals surface area contributed by atoms with E-state index >= 15 is 0 Å². The number of hydrogen-bond acceptors (Lipinski definition) is 0. The summed E-state index contributed by atoms with van der Waals surface area (Å²) in [7, 11) is 0. The molecule has 0 radical (unpaired) electrons. The van der Waals surface area contributed by atoms with Gasteiger partial charge < -0.3 is 0 Å². The lowest BCUT2D eigenvalue weighted by Gasteiger charge is -2.31. The molecular weight excluding hydrogens is 264 g/mol. The summed E-state index contributed by atoms with van der Waals surface area (Å²) in [6.45, 7) is 9.40. The van der Waals surface area contributed by atoms with Crippen LogP contribution in [0, 0.1) is 5.41 Å². The van der Waals surface area contributed by atoms with Crippen molar-refractivity contribution in [3.05, 3.63) is 58.7 Å². The van der Waals surface area contributed by atoms with Crippen LogP contribution < -0.4 is 0 Å². The summed E-state index contributed by atoms with van der Waals surface area (Å²) in [6, 6.07) is 9.41. The van der Waals surface area contributed by atoms with E-state index in [-0.39, 0.29) is 5.41 Å². The van der Waals surface area contributed by atoms with Gasteiger partial charge in [0.2, 0.25) is 0 Å². The van der Waals surface area contributed by atoms with E-state index in [2.05, 4.69) is 70.2 Å². The molecule has 0 amide bonds. The third-order valence-electron chi connectivity index (χ3n) is 5.62. The van der Waals surface area contributed by atoms with Crippen LogP contribution in [0.1, 0.15) is 62.3 Å². The molecule has 22 heavy (non-hydrogen) atoms. The van der Waals surface area contributed by atoms with Crippen LogP contribution in [0.15, 0.2) is 36.4 Å². The van der Waals surface area contributed by atoms with Gasteiger partial charge in [0.25, 0.3) is 0 Å². The van der Waals surface area contributed by atoms with E-state index in [0.717, 1.165) is 12.8 Å². The van der Waals surface area contributed by atoms with E-state index < -0.39 is 0 Å². The first-order chi connectivity index (χ1) is 10.5. The number of rotatable bonds is 1. The molecule has 2 aliphatic rings. The molecule has 0 aromatic heterocycles. The van der Waals surface area contributed by atoms with Crippen molar-refractivity contribution in [1.29, 1.82) is 0 Å². The smallest absolute Gasteiger partial charge is 0.00645 e. The molecule has 2 aromatic rings. The summed E-state index contributed by atoms with van der Waals surface area (Å²) in [5, 5.41) is 2.99. The van der Waals surface area contributed by atoms with Crippen molar-refractivity contribution >= 4 is 22.4 Å². The van der Waals surface area contributed by atoms with Crippen molar-refractivity contribution < 1.29 is 0 Å². The molecule has 0 heterocycles. The summed E-state index contributed by atoms with van der Waals surface area (Å²) in [5.74, 6) is 0.549. The highest BCUT2D eigenvalue weighted by atomic mass is 14.3. The monoisotopic (exact) mass is 288 g/mol. The Morgan fingerprint density at radius 3 is 2.59 bits per heavy atom. The van der Waals surface area contributed by atoms with E-state index in [0.29, 0.717) is 5.92 Å². The van der Waals surface area contributed by atoms with E-state index in [1.807, 2.05) is 0 Å². The minimum Gasteiger partial charge on any atom is -0.0795 e. The number of allylic oxidation sites excluding steroid dienone is 3. The van der Waals surface area contributed by atoms with Gasteiger partial charge in [-0.1, -0.05) is 70.2 Å². The maximum absolute atomic E-state index is 2.43. The quantitative estimate of drug-likeness (QED) is 0.574. The molecule has 0 nitrogen and oxygen atoms in total. The average Bonchev–Trinajstić information content (AvgIpc) is 2.51. The van der Waals surface area contributed by atoms with Crippen molar-refractivity contribution in [2.24, 2.45) is 5.41 Å². The molecule has 1 unspecified atom stereocenters. The SMILES string of the molecule is CC(c1ccc2c3c4c(ccc13)C=CCC4=CC2)C(C)(C)C. The third kappa shape index (κ3) is 1.90.